The van der Waals surface area contributed by atoms with Crippen molar-refractivity contribution >= 4 is 21.6 Å². The first-order chi connectivity index (χ1) is 12.5. The molecule has 2 aliphatic rings. The maximum atomic E-state index is 12.9. The van der Waals surface area contributed by atoms with Crippen LogP contribution >= 0.6 is 0 Å². The number of sulfonamides is 1. The van der Waals surface area contributed by atoms with Crippen LogP contribution in [0.2, 0.25) is 0 Å². The van der Waals surface area contributed by atoms with Gasteiger partial charge in [-0.3, -0.25) is 4.79 Å². The van der Waals surface area contributed by atoms with Crippen molar-refractivity contribution in [2.45, 2.75) is 37.0 Å². The summed E-state index contributed by atoms with van der Waals surface area (Å²) in [6.07, 6.45) is 5.13. The monoisotopic (exact) mass is 382 g/mol. The predicted molar refractivity (Wildman–Crippen MR) is 99.0 cm³/mol. The van der Waals surface area contributed by atoms with Gasteiger partial charge in [0.25, 0.3) is 5.91 Å². The molecule has 144 valence electrons. The number of hydrogen-bond donors (Lipinski definition) is 2. The highest BCUT2D eigenvalue weighted by Gasteiger charge is 2.27. The first-order valence-corrected chi connectivity index (χ1v) is 10.8. The maximum absolute atomic E-state index is 12.9. The Kier molecular flexibility index (Phi) is 6.16. The average molecular weight is 383 g/mol. The third-order valence-corrected chi connectivity index (χ3v) is 7.01. The van der Waals surface area contributed by atoms with E-state index in [0.717, 1.165) is 45.2 Å². The summed E-state index contributed by atoms with van der Waals surface area (Å²) in [6.45, 7) is 3.51. The molecule has 2 heterocycles. The first kappa shape index (κ1) is 19.1. The van der Waals surface area contributed by atoms with Crippen LogP contribution in [0.5, 0.6) is 5.75 Å². The largest absolute Gasteiger partial charge is 0.495 e. The van der Waals surface area contributed by atoms with Gasteiger partial charge < -0.3 is 15.0 Å². The molecule has 2 saturated heterocycles. The summed E-state index contributed by atoms with van der Waals surface area (Å²) >= 11 is 0. The summed E-state index contributed by atoms with van der Waals surface area (Å²) in [7, 11) is -2.04. The molecule has 0 atom stereocenters. The van der Waals surface area contributed by atoms with Crippen LogP contribution in [0.4, 0.5) is 5.69 Å². The number of anilines is 1. The quantitative estimate of drug-likeness (QED) is 0.750. The van der Waals surface area contributed by atoms with Gasteiger partial charge in [-0.2, -0.15) is 4.31 Å². The van der Waals surface area contributed by atoms with Gasteiger partial charge >= 0.3 is 0 Å². The minimum atomic E-state index is -3.55. The second-order valence-electron chi connectivity index (χ2n) is 7.01. The molecule has 1 amide bonds. The SMILES string of the molecule is COc1ccc(S(=O)(=O)N2CCCCC2)cc1NC(=O)C[NH+]1CCCC1. The van der Waals surface area contributed by atoms with Crippen LogP contribution in [-0.2, 0) is 14.8 Å². The molecule has 0 bridgehead atoms. The fraction of sp³-hybridized carbons (Fsp3) is 0.611. The van der Waals surface area contributed by atoms with Crippen molar-refractivity contribution in [2.75, 3.05) is 45.2 Å². The third-order valence-electron chi connectivity index (χ3n) is 5.12. The Labute approximate surface area is 155 Å². The number of hydrogen-bond acceptors (Lipinski definition) is 4. The molecule has 0 radical (unpaired) electrons. The Morgan fingerprint density at radius 3 is 2.50 bits per heavy atom. The Morgan fingerprint density at radius 2 is 1.85 bits per heavy atom. The number of likely N-dealkylation sites (tertiary alicyclic amines) is 1. The molecule has 0 saturated carbocycles. The molecule has 0 spiro atoms. The fourth-order valence-corrected chi connectivity index (χ4v) is 5.22. The van der Waals surface area contributed by atoms with Gasteiger partial charge in [-0.05, 0) is 31.0 Å². The van der Waals surface area contributed by atoms with Crippen LogP contribution in [0.3, 0.4) is 0 Å². The molecule has 7 nitrogen and oxygen atoms in total. The normalized spacial score (nSPS) is 19.4. The molecule has 8 heteroatoms. The van der Waals surface area contributed by atoms with Crippen molar-refractivity contribution in [3.05, 3.63) is 18.2 Å². The van der Waals surface area contributed by atoms with Gasteiger partial charge in [0.2, 0.25) is 10.0 Å². The zero-order chi connectivity index (χ0) is 18.6. The molecule has 2 aliphatic heterocycles. The van der Waals surface area contributed by atoms with E-state index in [-0.39, 0.29) is 10.8 Å². The summed E-state index contributed by atoms with van der Waals surface area (Å²) in [5, 5.41) is 2.84. The van der Waals surface area contributed by atoms with E-state index in [4.69, 9.17) is 4.74 Å². The molecule has 0 unspecified atom stereocenters. The summed E-state index contributed by atoms with van der Waals surface area (Å²) in [5.74, 6) is 0.347. The van der Waals surface area contributed by atoms with E-state index in [2.05, 4.69) is 5.32 Å². The van der Waals surface area contributed by atoms with Crippen molar-refractivity contribution in [1.29, 1.82) is 0 Å². The van der Waals surface area contributed by atoms with Crippen LogP contribution in [0.25, 0.3) is 0 Å². The third kappa shape index (κ3) is 4.36. The summed E-state index contributed by atoms with van der Waals surface area (Å²) in [4.78, 5) is 13.8. The number of rotatable bonds is 6. The van der Waals surface area contributed by atoms with Crippen LogP contribution < -0.4 is 15.0 Å². The molecule has 1 aromatic carbocycles. The van der Waals surface area contributed by atoms with E-state index in [1.54, 1.807) is 12.1 Å². The number of methoxy groups -OCH3 is 1. The minimum absolute atomic E-state index is 0.118. The van der Waals surface area contributed by atoms with Crippen LogP contribution in [0, 0.1) is 0 Å². The first-order valence-electron chi connectivity index (χ1n) is 9.32. The Bertz CT molecular complexity index is 739. The highest BCUT2D eigenvalue weighted by Crippen LogP contribution is 2.29. The fourth-order valence-electron chi connectivity index (χ4n) is 3.67. The zero-order valence-electron chi connectivity index (χ0n) is 15.3. The second-order valence-corrected chi connectivity index (χ2v) is 8.95. The lowest BCUT2D eigenvalue weighted by molar-refractivity contribution is -0.878. The molecular weight excluding hydrogens is 354 g/mol. The molecule has 0 aliphatic carbocycles. The van der Waals surface area contributed by atoms with Crippen molar-refractivity contribution in [2.24, 2.45) is 0 Å². The van der Waals surface area contributed by atoms with Gasteiger partial charge in [-0.25, -0.2) is 8.42 Å². The summed E-state index contributed by atoms with van der Waals surface area (Å²) in [5.41, 5.74) is 0.411. The Hall–Kier alpha value is -1.64. The number of nitrogens with one attached hydrogen (secondary N) is 2. The number of ether oxygens (including phenoxy) is 1. The van der Waals surface area contributed by atoms with E-state index in [1.165, 1.54) is 22.4 Å². The van der Waals surface area contributed by atoms with Crippen LogP contribution in [0.1, 0.15) is 32.1 Å². The lowest BCUT2D eigenvalue weighted by atomic mass is 10.2. The number of amides is 1. The van der Waals surface area contributed by atoms with Gasteiger partial charge in [-0.1, -0.05) is 6.42 Å². The smallest absolute Gasteiger partial charge is 0.279 e. The van der Waals surface area contributed by atoms with E-state index in [0.29, 0.717) is 31.1 Å². The van der Waals surface area contributed by atoms with Crippen molar-refractivity contribution in [3.63, 3.8) is 0 Å². The number of benzene rings is 1. The molecule has 2 N–H and O–H groups in total. The molecule has 3 rings (SSSR count). The average Bonchev–Trinajstić information content (AvgIpc) is 3.15. The van der Waals surface area contributed by atoms with Gasteiger partial charge in [0.1, 0.15) is 5.75 Å². The number of carbonyl (C=O) groups is 1. The summed E-state index contributed by atoms with van der Waals surface area (Å²) < 4.78 is 32.6. The van der Waals surface area contributed by atoms with Gasteiger partial charge in [0, 0.05) is 25.9 Å². The van der Waals surface area contributed by atoms with Crippen LogP contribution in [-0.4, -0.2) is 58.5 Å². The number of quaternary nitrogens is 1. The minimum Gasteiger partial charge on any atom is -0.495 e. The topological polar surface area (TPSA) is 80.2 Å². The number of carbonyl (C=O) groups excluding carboxylic acids is 1. The highest BCUT2D eigenvalue weighted by atomic mass is 32.2. The van der Waals surface area contributed by atoms with Gasteiger partial charge in [0.15, 0.2) is 6.54 Å². The van der Waals surface area contributed by atoms with Crippen LogP contribution in [0.15, 0.2) is 23.1 Å². The summed E-state index contributed by atoms with van der Waals surface area (Å²) in [6, 6.07) is 4.67. The van der Waals surface area contributed by atoms with Crippen molar-refractivity contribution < 1.29 is 22.8 Å². The van der Waals surface area contributed by atoms with Crippen molar-refractivity contribution in [1.82, 2.24) is 4.31 Å². The second kappa shape index (κ2) is 8.37. The van der Waals surface area contributed by atoms with Gasteiger partial charge in [0.05, 0.1) is 30.8 Å². The van der Waals surface area contributed by atoms with Crippen molar-refractivity contribution in [3.8, 4) is 5.75 Å². The van der Waals surface area contributed by atoms with E-state index < -0.39 is 10.0 Å². The lowest BCUT2D eigenvalue weighted by Crippen LogP contribution is -3.11. The maximum Gasteiger partial charge on any atom is 0.279 e. The lowest BCUT2D eigenvalue weighted by Gasteiger charge is -2.26. The van der Waals surface area contributed by atoms with E-state index in [1.807, 2.05) is 0 Å². The predicted octanol–water partition coefficient (Wildman–Crippen LogP) is 0.487. The van der Waals surface area contributed by atoms with E-state index in [9.17, 15) is 13.2 Å². The molecule has 2 fully saturated rings. The Balaban J connectivity index is 1.78. The highest BCUT2D eigenvalue weighted by molar-refractivity contribution is 7.89. The number of nitrogens with zero attached hydrogens (tertiary/aromatic N) is 1. The standard InChI is InChI=1S/C18H27N3O4S/c1-25-17-8-7-15(26(23,24)21-11-3-2-4-12-21)13-16(17)19-18(22)14-20-9-5-6-10-20/h7-8,13H,2-6,9-12,14H2,1H3,(H,19,22)/p+1. The van der Waals surface area contributed by atoms with Gasteiger partial charge in [-0.15, -0.1) is 0 Å². The molecule has 26 heavy (non-hydrogen) atoms. The molecule has 0 aromatic heterocycles. The zero-order valence-corrected chi connectivity index (χ0v) is 16.1. The van der Waals surface area contributed by atoms with E-state index >= 15 is 0 Å². The molecular formula is C18H28N3O4S+. The Morgan fingerprint density at radius 1 is 1.15 bits per heavy atom. The number of piperidine rings is 1. The molecule has 1 aromatic rings.